The minimum Gasteiger partial charge on any atom is -0.478 e. The van der Waals surface area contributed by atoms with E-state index in [1.165, 1.54) is 0 Å². The van der Waals surface area contributed by atoms with Gasteiger partial charge in [0.15, 0.2) is 0 Å². The molecule has 0 atom stereocenters. The van der Waals surface area contributed by atoms with E-state index in [0.717, 1.165) is 25.1 Å². The van der Waals surface area contributed by atoms with Crippen LogP contribution in [-0.4, -0.2) is 22.1 Å². The number of rotatable bonds is 3. The highest BCUT2D eigenvalue weighted by atomic mass is 19.1. The number of carboxylic acids is 1. The third kappa shape index (κ3) is 2.18. The van der Waals surface area contributed by atoms with Gasteiger partial charge in [-0.15, -0.1) is 0 Å². The van der Waals surface area contributed by atoms with E-state index in [1.54, 1.807) is 0 Å². The van der Waals surface area contributed by atoms with Crippen LogP contribution in [0.2, 0.25) is 0 Å². The summed E-state index contributed by atoms with van der Waals surface area (Å²) < 4.78 is 12.9. The second-order valence-corrected chi connectivity index (χ2v) is 3.64. The first-order valence-corrected chi connectivity index (χ1v) is 4.97. The van der Waals surface area contributed by atoms with Gasteiger partial charge in [0.25, 0.3) is 0 Å². The highest BCUT2D eigenvalue weighted by Gasteiger charge is 2.17. The number of hydrogen-bond donors (Lipinski definition) is 2. The molecule has 0 fully saturated rings. The molecule has 0 saturated heterocycles. The summed E-state index contributed by atoms with van der Waals surface area (Å²) in [6.45, 7) is 0. The van der Waals surface area contributed by atoms with E-state index in [9.17, 15) is 9.18 Å². The maximum atomic E-state index is 12.9. The highest BCUT2D eigenvalue weighted by molar-refractivity contribution is 5.93. The first kappa shape index (κ1) is 10.6. The second kappa shape index (κ2) is 4.30. The summed E-state index contributed by atoms with van der Waals surface area (Å²) in [5.74, 6) is -1.60. The molecular weight excluding hydrogens is 211 g/mol. The molecule has 1 aromatic rings. The van der Waals surface area contributed by atoms with Crippen molar-refractivity contribution in [3.05, 3.63) is 35.8 Å². The van der Waals surface area contributed by atoms with Crippen molar-refractivity contribution in [1.29, 1.82) is 0 Å². The number of hydrogen-bond acceptors (Lipinski definition) is 3. The average molecular weight is 222 g/mol. The summed E-state index contributed by atoms with van der Waals surface area (Å²) in [6, 6.07) is 1.12. The Morgan fingerprint density at radius 1 is 1.50 bits per heavy atom. The van der Waals surface area contributed by atoms with Crippen molar-refractivity contribution in [3.63, 3.8) is 0 Å². The molecule has 2 rings (SSSR count). The highest BCUT2D eigenvalue weighted by Crippen LogP contribution is 2.19. The predicted molar refractivity (Wildman–Crippen MR) is 56.9 cm³/mol. The lowest BCUT2D eigenvalue weighted by molar-refractivity contribution is 0.0697. The van der Waals surface area contributed by atoms with Gasteiger partial charge in [-0.3, -0.25) is 0 Å². The maximum absolute atomic E-state index is 12.9. The van der Waals surface area contributed by atoms with E-state index in [4.69, 9.17) is 5.11 Å². The molecule has 1 aliphatic carbocycles. The average Bonchev–Trinajstić information content (AvgIpc) is 2.73. The Morgan fingerprint density at radius 2 is 2.19 bits per heavy atom. The summed E-state index contributed by atoms with van der Waals surface area (Å²) in [7, 11) is 0. The molecule has 5 heteroatoms. The Hall–Kier alpha value is -1.91. The maximum Gasteiger partial charge on any atom is 0.339 e. The summed E-state index contributed by atoms with van der Waals surface area (Å²) in [5, 5.41) is 11.9. The minimum atomic E-state index is -1.18. The largest absolute Gasteiger partial charge is 0.478 e. The van der Waals surface area contributed by atoms with Gasteiger partial charge in [-0.1, -0.05) is 12.2 Å². The van der Waals surface area contributed by atoms with Crippen LogP contribution in [0.4, 0.5) is 10.2 Å². The van der Waals surface area contributed by atoms with Gasteiger partial charge >= 0.3 is 5.97 Å². The molecule has 16 heavy (non-hydrogen) atoms. The topological polar surface area (TPSA) is 62.2 Å². The van der Waals surface area contributed by atoms with Gasteiger partial charge in [-0.2, -0.15) is 0 Å². The van der Waals surface area contributed by atoms with Crippen LogP contribution in [0.15, 0.2) is 24.4 Å². The van der Waals surface area contributed by atoms with Gasteiger partial charge in [0.1, 0.15) is 17.2 Å². The summed E-state index contributed by atoms with van der Waals surface area (Å²) in [6.07, 6.45) is 6.71. The minimum absolute atomic E-state index is 0.132. The quantitative estimate of drug-likeness (QED) is 0.768. The fourth-order valence-corrected chi connectivity index (χ4v) is 1.65. The number of aromatic carboxylic acids is 1. The monoisotopic (exact) mass is 222 g/mol. The molecule has 84 valence electrons. The van der Waals surface area contributed by atoms with Crippen LogP contribution in [0, 0.1) is 5.82 Å². The Bertz CT molecular complexity index is 438. The zero-order chi connectivity index (χ0) is 11.5. The SMILES string of the molecule is O=C(O)c1cc(F)cnc1NC1CC=CC1. The summed E-state index contributed by atoms with van der Waals surface area (Å²) >= 11 is 0. The van der Waals surface area contributed by atoms with Crippen LogP contribution >= 0.6 is 0 Å². The molecular formula is C11H11FN2O2. The molecule has 0 amide bonds. The van der Waals surface area contributed by atoms with Crippen LogP contribution in [0.5, 0.6) is 0 Å². The number of anilines is 1. The zero-order valence-electron chi connectivity index (χ0n) is 8.48. The number of carboxylic acid groups (broad SMARTS) is 1. The van der Waals surface area contributed by atoms with Crippen molar-refractivity contribution in [2.24, 2.45) is 0 Å². The number of nitrogens with zero attached hydrogens (tertiary/aromatic N) is 1. The predicted octanol–water partition coefficient (Wildman–Crippen LogP) is 2.05. The van der Waals surface area contributed by atoms with Gasteiger partial charge in [0, 0.05) is 6.04 Å². The summed E-state index contributed by atoms with van der Waals surface area (Å²) in [4.78, 5) is 14.7. The summed E-state index contributed by atoms with van der Waals surface area (Å²) in [5.41, 5.74) is -0.132. The number of nitrogens with one attached hydrogen (secondary N) is 1. The Balaban J connectivity index is 2.22. The molecule has 0 radical (unpaired) electrons. The molecule has 0 unspecified atom stereocenters. The molecule has 0 spiro atoms. The molecule has 1 aromatic heterocycles. The molecule has 0 saturated carbocycles. The van der Waals surface area contributed by atoms with Crippen molar-refractivity contribution < 1.29 is 14.3 Å². The molecule has 2 N–H and O–H groups in total. The molecule has 1 aliphatic rings. The van der Waals surface area contributed by atoms with Gasteiger partial charge in [-0.25, -0.2) is 14.2 Å². The lowest BCUT2D eigenvalue weighted by Gasteiger charge is -2.14. The fraction of sp³-hybridized carbons (Fsp3) is 0.273. The first-order valence-electron chi connectivity index (χ1n) is 4.97. The van der Waals surface area contributed by atoms with E-state index < -0.39 is 11.8 Å². The molecule has 0 bridgehead atoms. The van der Waals surface area contributed by atoms with Crippen molar-refractivity contribution in [2.75, 3.05) is 5.32 Å². The van der Waals surface area contributed by atoms with E-state index in [-0.39, 0.29) is 17.4 Å². The first-order chi connectivity index (χ1) is 7.66. The lowest BCUT2D eigenvalue weighted by Crippen LogP contribution is -2.18. The van der Waals surface area contributed by atoms with Crippen LogP contribution < -0.4 is 5.32 Å². The van der Waals surface area contributed by atoms with Gasteiger partial charge in [0.2, 0.25) is 0 Å². The third-order valence-electron chi connectivity index (χ3n) is 2.43. The zero-order valence-corrected chi connectivity index (χ0v) is 8.48. The van der Waals surface area contributed by atoms with Crippen molar-refractivity contribution >= 4 is 11.8 Å². The number of aromatic nitrogens is 1. The number of halogens is 1. The standard InChI is InChI=1S/C11H11FN2O2/c12-7-5-9(11(15)16)10(13-6-7)14-8-3-1-2-4-8/h1-2,5-6,8H,3-4H2,(H,13,14)(H,15,16). The van der Waals surface area contributed by atoms with Crippen LogP contribution in [-0.2, 0) is 0 Å². The third-order valence-corrected chi connectivity index (χ3v) is 2.43. The van der Waals surface area contributed by atoms with E-state index in [0.29, 0.717) is 0 Å². The van der Waals surface area contributed by atoms with E-state index in [2.05, 4.69) is 10.3 Å². The van der Waals surface area contributed by atoms with E-state index >= 15 is 0 Å². The van der Waals surface area contributed by atoms with Gasteiger partial charge in [0.05, 0.1) is 6.20 Å². The fourth-order valence-electron chi connectivity index (χ4n) is 1.65. The molecule has 4 nitrogen and oxygen atoms in total. The molecule has 0 aliphatic heterocycles. The Labute approximate surface area is 91.8 Å². The van der Waals surface area contributed by atoms with Gasteiger partial charge in [-0.05, 0) is 18.9 Å². The number of carbonyl (C=O) groups is 1. The normalized spacial score (nSPS) is 15.3. The second-order valence-electron chi connectivity index (χ2n) is 3.64. The van der Waals surface area contributed by atoms with Crippen molar-refractivity contribution in [3.8, 4) is 0 Å². The molecule has 1 heterocycles. The Morgan fingerprint density at radius 3 is 2.81 bits per heavy atom. The van der Waals surface area contributed by atoms with Crippen LogP contribution in [0.3, 0.4) is 0 Å². The number of pyridine rings is 1. The van der Waals surface area contributed by atoms with Gasteiger partial charge < -0.3 is 10.4 Å². The van der Waals surface area contributed by atoms with Crippen LogP contribution in [0.1, 0.15) is 23.2 Å². The van der Waals surface area contributed by atoms with Crippen molar-refractivity contribution in [1.82, 2.24) is 4.98 Å². The Kier molecular flexibility index (Phi) is 2.85. The molecule has 0 aromatic carbocycles. The van der Waals surface area contributed by atoms with Crippen molar-refractivity contribution in [2.45, 2.75) is 18.9 Å². The van der Waals surface area contributed by atoms with Crippen LogP contribution in [0.25, 0.3) is 0 Å². The van der Waals surface area contributed by atoms with E-state index in [1.807, 2.05) is 12.2 Å². The lowest BCUT2D eigenvalue weighted by atomic mass is 10.2. The smallest absolute Gasteiger partial charge is 0.339 e.